The third kappa shape index (κ3) is 3.54. The molecule has 0 spiro atoms. The van der Waals surface area contributed by atoms with Gasteiger partial charge in [0.25, 0.3) is 0 Å². The number of nitrogens with two attached hydrogens (primary N) is 1. The summed E-state index contributed by atoms with van der Waals surface area (Å²) in [4.78, 5) is 4.95. The minimum Gasteiger partial charge on any atom is -0.371 e. The van der Waals surface area contributed by atoms with Gasteiger partial charge < -0.3 is 15.5 Å². The number of hydrogen-bond acceptors (Lipinski definition) is 3. The second-order valence-corrected chi connectivity index (χ2v) is 6.63. The van der Waals surface area contributed by atoms with E-state index in [-0.39, 0.29) is 6.04 Å². The van der Waals surface area contributed by atoms with Crippen molar-refractivity contribution in [3.05, 3.63) is 28.2 Å². The Kier molecular flexibility index (Phi) is 5.47. The molecule has 112 valence electrons. The Hall–Kier alpha value is -0.580. The quantitative estimate of drug-likeness (QED) is 0.912. The summed E-state index contributed by atoms with van der Waals surface area (Å²) in [6, 6.07) is 7.20. The van der Waals surface area contributed by atoms with Crippen molar-refractivity contribution < 1.29 is 0 Å². The average Bonchev–Trinajstić information content (AvgIpc) is 2.46. The van der Waals surface area contributed by atoms with Crippen molar-refractivity contribution in [3.8, 4) is 0 Å². The average molecular weight is 340 g/mol. The van der Waals surface area contributed by atoms with Gasteiger partial charge in [-0.1, -0.05) is 13.0 Å². The fourth-order valence-electron chi connectivity index (χ4n) is 2.91. The monoisotopic (exact) mass is 339 g/mol. The Balaban J connectivity index is 2.07. The van der Waals surface area contributed by atoms with Gasteiger partial charge in [0.2, 0.25) is 0 Å². The molecule has 1 unspecified atom stereocenters. The van der Waals surface area contributed by atoms with Gasteiger partial charge >= 0.3 is 0 Å². The van der Waals surface area contributed by atoms with Gasteiger partial charge in [-0.15, -0.1) is 0 Å². The predicted octanol–water partition coefficient (Wildman–Crippen LogP) is 3.39. The molecular weight excluding hydrogens is 314 g/mol. The lowest BCUT2D eigenvalue weighted by atomic mass is 10.0. The van der Waals surface area contributed by atoms with Crippen LogP contribution < -0.4 is 10.6 Å². The minimum atomic E-state index is 0.0819. The SMILES string of the molecule is CCN1CCC(N(C)c2ccc(C(C)N)cc2Br)CC1. The van der Waals surface area contributed by atoms with Gasteiger partial charge in [0.1, 0.15) is 0 Å². The Morgan fingerprint density at radius 2 is 2.05 bits per heavy atom. The number of benzene rings is 1. The highest BCUT2D eigenvalue weighted by Gasteiger charge is 2.23. The summed E-state index contributed by atoms with van der Waals surface area (Å²) >= 11 is 3.70. The van der Waals surface area contributed by atoms with E-state index in [0.717, 1.165) is 4.47 Å². The topological polar surface area (TPSA) is 32.5 Å². The zero-order chi connectivity index (χ0) is 14.7. The Labute approximate surface area is 131 Å². The van der Waals surface area contributed by atoms with Crippen LogP contribution in [0.5, 0.6) is 0 Å². The van der Waals surface area contributed by atoms with Crippen molar-refractivity contribution in [1.29, 1.82) is 0 Å². The van der Waals surface area contributed by atoms with E-state index < -0.39 is 0 Å². The summed E-state index contributed by atoms with van der Waals surface area (Å²) in [6.07, 6.45) is 2.48. The first-order valence-electron chi connectivity index (χ1n) is 7.53. The maximum absolute atomic E-state index is 5.94. The van der Waals surface area contributed by atoms with E-state index >= 15 is 0 Å². The number of rotatable bonds is 4. The number of nitrogens with zero attached hydrogens (tertiary/aromatic N) is 2. The molecule has 2 N–H and O–H groups in total. The van der Waals surface area contributed by atoms with Crippen LogP contribution in [0.1, 0.15) is 38.3 Å². The van der Waals surface area contributed by atoms with Crippen LogP contribution in [0.4, 0.5) is 5.69 Å². The van der Waals surface area contributed by atoms with Crippen LogP contribution in [0.3, 0.4) is 0 Å². The molecule has 0 bridgehead atoms. The summed E-state index contributed by atoms with van der Waals surface area (Å²) in [5.41, 5.74) is 8.39. The summed E-state index contributed by atoms with van der Waals surface area (Å²) in [5.74, 6) is 0. The van der Waals surface area contributed by atoms with Gasteiger partial charge in [-0.2, -0.15) is 0 Å². The smallest absolute Gasteiger partial charge is 0.0510 e. The van der Waals surface area contributed by atoms with Gasteiger partial charge in [-0.05, 0) is 59.9 Å². The van der Waals surface area contributed by atoms with Crippen LogP contribution in [0.2, 0.25) is 0 Å². The summed E-state index contributed by atoms with van der Waals surface area (Å²) in [7, 11) is 2.21. The number of hydrogen-bond donors (Lipinski definition) is 1. The van der Waals surface area contributed by atoms with Crippen molar-refractivity contribution >= 4 is 21.6 Å². The molecule has 1 aromatic carbocycles. The molecular formula is C16H26BrN3. The predicted molar refractivity (Wildman–Crippen MR) is 90.3 cm³/mol. The third-order valence-corrected chi connectivity index (χ3v) is 5.06. The summed E-state index contributed by atoms with van der Waals surface area (Å²) in [6.45, 7) is 7.85. The highest BCUT2D eigenvalue weighted by atomic mass is 79.9. The molecule has 1 saturated heterocycles. The molecule has 0 aromatic heterocycles. The van der Waals surface area contributed by atoms with Crippen molar-refractivity contribution in [2.45, 2.75) is 38.8 Å². The van der Waals surface area contributed by atoms with Crippen LogP contribution in [0.15, 0.2) is 22.7 Å². The lowest BCUT2D eigenvalue weighted by molar-refractivity contribution is 0.221. The molecule has 1 atom stereocenters. The fraction of sp³-hybridized carbons (Fsp3) is 0.625. The highest BCUT2D eigenvalue weighted by molar-refractivity contribution is 9.10. The Morgan fingerprint density at radius 1 is 1.40 bits per heavy atom. The van der Waals surface area contributed by atoms with Gasteiger partial charge in [0, 0.05) is 36.7 Å². The normalized spacial score (nSPS) is 19.1. The van der Waals surface area contributed by atoms with Crippen molar-refractivity contribution in [2.24, 2.45) is 5.73 Å². The molecule has 20 heavy (non-hydrogen) atoms. The van der Waals surface area contributed by atoms with E-state index in [9.17, 15) is 0 Å². The van der Waals surface area contributed by atoms with Crippen molar-refractivity contribution in [2.75, 3.05) is 31.6 Å². The molecule has 0 amide bonds. The first-order chi connectivity index (χ1) is 9.52. The first kappa shape index (κ1) is 15.8. The van der Waals surface area contributed by atoms with Gasteiger partial charge in [-0.3, -0.25) is 0 Å². The van der Waals surface area contributed by atoms with E-state index in [1.807, 2.05) is 6.92 Å². The van der Waals surface area contributed by atoms with E-state index in [1.165, 1.54) is 43.7 Å². The van der Waals surface area contributed by atoms with E-state index in [4.69, 9.17) is 5.73 Å². The van der Waals surface area contributed by atoms with E-state index in [1.54, 1.807) is 0 Å². The Bertz CT molecular complexity index is 439. The largest absolute Gasteiger partial charge is 0.371 e. The van der Waals surface area contributed by atoms with Crippen molar-refractivity contribution in [1.82, 2.24) is 4.90 Å². The maximum Gasteiger partial charge on any atom is 0.0510 e. The lowest BCUT2D eigenvalue weighted by Crippen LogP contribution is -2.43. The van der Waals surface area contributed by atoms with Crippen LogP contribution >= 0.6 is 15.9 Å². The Morgan fingerprint density at radius 3 is 2.55 bits per heavy atom. The minimum absolute atomic E-state index is 0.0819. The lowest BCUT2D eigenvalue weighted by Gasteiger charge is -2.38. The number of halogens is 1. The van der Waals surface area contributed by atoms with Gasteiger partial charge in [0.05, 0.1) is 5.69 Å². The molecule has 0 radical (unpaired) electrons. The molecule has 3 nitrogen and oxygen atoms in total. The molecule has 0 saturated carbocycles. The number of likely N-dealkylation sites (tertiary alicyclic amines) is 1. The first-order valence-corrected chi connectivity index (χ1v) is 8.32. The fourth-order valence-corrected chi connectivity index (χ4v) is 3.59. The molecule has 1 aliphatic heterocycles. The zero-order valence-electron chi connectivity index (χ0n) is 12.8. The molecule has 1 aliphatic rings. The molecule has 0 aliphatic carbocycles. The van der Waals surface area contributed by atoms with Crippen LogP contribution in [0.25, 0.3) is 0 Å². The van der Waals surface area contributed by atoms with E-state index in [2.05, 4.69) is 57.9 Å². The summed E-state index contributed by atoms with van der Waals surface area (Å²) in [5, 5.41) is 0. The molecule has 1 heterocycles. The summed E-state index contributed by atoms with van der Waals surface area (Å²) < 4.78 is 1.15. The van der Waals surface area contributed by atoms with Crippen LogP contribution in [-0.2, 0) is 0 Å². The van der Waals surface area contributed by atoms with Crippen LogP contribution in [0, 0.1) is 0 Å². The molecule has 1 aromatic rings. The highest BCUT2D eigenvalue weighted by Crippen LogP contribution is 2.31. The standard InChI is InChI=1S/C16H26BrN3/c1-4-20-9-7-14(8-10-20)19(3)16-6-5-13(12(2)18)11-15(16)17/h5-6,11-12,14H,4,7-10,18H2,1-3H3. The van der Waals surface area contributed by atoms with Crippen molar-refractivity contribution in [3.63, 3.8) is 0 Å². The maximum atomic E-state index is 5.94. The number of piperidine rings is 1. The third-order valence-electron chi connectivity index (χ3n) is 4.43. The zero-order valence-corrected chi connectivity index (χ0v) is 14.4. The van der Waals surface area contributed by atoms with Gasteiger partial charge in [0.15, 0.2) is 0 Å². The number of anilines is 1. The molecule has 1 fully saturated rings. The van der Waals surface area contributed by atoms with Crippen LogP contribution in [-0.4, -0.2) is 37.6 Å². The van der Waals surface area contributed by atoms with Gasteiger partial charge in [-0.25, -0.2) is 0 Å². The molecule has 2 rings (SSSR count). The second kappa shape index (κ2) is 6.92. The molecule has 4 heteroatoms. The second-order valence-electron chi connectivity index (χ2n) is 5.78. The van der Waals surface area contributed by atoms with E-state index in [0.29, 0.717) is 6.04 Å².